The highest BCUT2D eigenvalue weighted by molar-refractivity contribution is 7.98. The molecule has 22 nitrogen and oxygen atoms in total. The Morgan fingerprint density at radius 1 is 0.935 bits per heavy atom. The number of amides is 8. The summed E-state index contributed by atoms with van der Waals surface area (Å²) >= 11 is 1.28. The molecule has 2 fully saturated rings. The minimum Gasteiger partial charge on any atom is -0.508 e. The number of nitrogens with two attached hydrogens (primary N) is 1. The number of aromatic hydroxyl groups is 1. The molecule has 0 radical (unpaired) electrons. The first-order chi connectivity index (χ1) is 29.4. The molecule has 2 saturated heterocycles. The SMILES string of the molecule is CC[C@H](C)[C@@H]1NC(=O)CNC(=O)C(Cc2c(SC)[nH]c3cc(O)ccc23)NC(=O)[C@H]([C@@H](C)[C@@H](O)CO)N[C@@]2(C=O)CCCN2C(=O)[C@H](CC(N)=O)NC(=O)CNC(=O)CNC1=O. The predicted molar refractivity (Wildman–Crippen MR) is 222 cm³/mol. The molecule has 8 atom stereocenters. The van der Waals surface area contributed by atoms with Crippen LogP contribution in [-0.4, -0.2) is 154 Å². The minimum atomic E-state index is -2.00. The molecule has 1 unspecified atom stereocenters. The highest BCUT2D eigenvalue weighted by atomic mass is 32.2. The van der Waals surface area contributed by atoms with Crippen molar-refractivity contribution in [1.29, 1.82) is 0 Å². The molecule has 62 heavy (non-hydrogen) atoms. The lowest BCUT2D eigenvalue weighted by Gasteiger charge is -2.41. The summed E-state index contributed by atoms with van der Waals surface area (Å²) in [5, 5.41) is 49.8. The third-order valence-electron chi connectivity index (χ3n) is 11.1. The molecule has 1 aromatic carbocycles. The van der Waals surface area contributed by atoms with E-state index in [-0.39, 0.29) is 31.6 Å². The number of fused-ring (bicyclic) bond motifs is 2. The molecule has 0 bridgehead atoms. The lowest BCUT2D eigenvalue weighted by Crippen LogP contribution is -2.68. The number of aromatic nitrogens is 1. The van der Waals surface area contributed by atoms with Crippen LogP contribution in [0.4, 0.5) is 0 Å². The first-order valence-electron chi connectivity index (χ1n) is 20.1. The molecule has 0 spiro atoms. The Morgan fingerprint density at radius 2 is 1.60 bits per heavy atom. The summed E-state index contributed by atoms with van der Waals surface area (Å²) < 4.78 is 0. The molecule has 2 aliphatic rings. The standard InChI is InChI=1S/C39H56N10O12S/c1-5-19(2)32-35(59)43-14-29(55)41-15-30(56)44-26(13-28(40)54)38(61)49-10-6-9-39(49,18-51)48-33(20(3)27(53)17-50)36(60)45-25(34(58)42-16-31(57)47-32)12-23-22-8-7-21(52)11-24(22)46-37(23)62-4/h7-8,11,18-20,25-27,32-33,46,48,50,52-53H,5-6,9-10,12-17H2,1-4H3,(H2,40,54)(H,41,55)(H,42,58)(H,43,59)(H,44,56)(H,45,60)(H,47,57)/t19-,20-,25?,26-,27-,32-,33-,39-/m0/s1. The number of benzene rings is 1. The Hall–Kier alpha value is -5.78. The fourth-order valence-corrected chi connectivity index (χ4v) is 8.04. The van der Waals surface area contributed by atoms with Crippen LogP contribution in [0.1, 0.15) is 52.0 Å². The number of aliphatic hydroxyl groups excluding tert-OH is 2. The van der Waals surface area contributed by atoms with Crippen molar-refractivity contribution < 1.29 is 58.5 Å². The van der Waals surface area contributed by atoms with Gasteiger partial charge in [0.1, 0.15) is 23.9 Å². The van der Waals surface area contributed by atoms with E-state index in [0.29, 0.717) is 34.2 Å². The molecule has 23 heteroatoms. The summed E-state index contributed by atoms with van der Waals surface area (Å²) in [5.74, 6) is -8.79. The molecule has 2 aromatic rings. The fraction of sp³-hybridized carbons (Fsp3) is 0.564. The lowest BCUT2D eigenvalue weighted by atomic mass is 9.92. The number of thioether (sulfide) groups is 1. The van der Waals surface area contributed by atoms with Gasteiger partial charge in [0.15, 0.2) is 11.9 Å². The smallest absolute Gasteiger partial charge is 0.247 e. The zero-order chi connectivity index (χ0) is 45.9. The third kappa shape index (κ3) is 12.0. The maximum Gasteiger partial charge on any atom is 0.247 e. The van der Waals surface area contributed by atoms with Crippen molar-refractivity contribution in [2.45, 2.75) is 93.8 Å². The van der Waals surface area contributed by atoms with Crippen LogP contribution in [0.3, 0.4) is 0 Å². The maximum atomic E-state index is 14.6. The molecule has 2 aliphatic heterocycles. The Labute approximate surface area is 361 Å². The van der Waals surface area contributed by atoms with Crippen molar-refractivity contribution in [2.24, 2.45) is 17.6 Å². The number of aldehydes is 1. The van der Waals surface area contributed by atoms with Crippen molar-refractivity contribution in [3.8, 4) is 5.75 Å². The summed E-state index contributed by atoms with van der Waals surface area (Å²) in [5.41, 5.74) is 4.49. The van der Waals surface area contributed by atoms with Crippen LogP contribution in [0.25, 0.3) is 10.9 Å². The van der Waals surface area contributed by atoms with Gasteiger partial charge in [-0.2, -0.15) is 0 Å². The molecule has 3 heterocycles. The van der Waals surface area contributed by atoms with Crippen LogP contribution in [0.15, 0.2) is 23.2 Å². The monoisotopic (exact) mass is 888 g/mol. The van der Waals surface area contributed by atoms with Crippen molar-refractivity contribution in [3.05, 3.63) is 23.8 Å². The molecule has 8 amide bonds. The average molecular weight is 889 g/mol. The second kappa shape index (κ2) is 21.8. The quantitative estimate of drug-likeness (QED) is 0.0765. The molecular weight excluding hydrogens is 833 g/mol. The highest BCUT2D eigenvalue weighted by Crippen LogP contribution is 2.32. The van der Waals surface area contributed by atoms with Gasteiger partial charge in [-0.05, 0) is 42.7 Å². The zero-order valence-electron chi connectivity index (χ0n) is 34.9. The Balaban J connectivity index is 1.82. The van der Waals surface area contributed by atoms with Gasteiger partial charge < -0.3 is 62.8 Å². The van der Waals surface area contributed by atoms with Gasteiger partial charge in [0, 0.05) is 30.3 Å². The summed E-state index contributed by atoms with van der Waals surface area (Å²) in [6, 6.07) is -1.39. The number of nitrogens with one attached hydrogen (secondary N) is 8. The Kier molecular flexibility index (Phi) is 17.2. The third-order valence-corrected chi connectivity index (χ3v) is 11.9. The number of carbonyl (C=O) groups excluding carboxylic acids is 9. The maximum absolute atomic E-state index is 14.6. The van der Waals surface area contributed by atoms with E-state index in [1.807, 2.05) is 0 Å². The Bertz CT molecular complexity index is 2030. The minimum absolute atomic E-state index is 0.0378. The number of hydrogen-bond acceptors (Lipinski definition) is 14. The van der Waals surface area contributed by atoms with Crippen LogP contribution < -0.4 is 43.0 Å². The van der Waals surface area contributed by atoms with E-state index in [0.717, 1.165) is 4.90 Å². The van der Waals surface area contributed by atoms with E-state index >= 15 is 0 Å². The van der Waals surface area contributed by atoms with E-state index < -0.39 is 128 Å². The molecule has 0 aliphatic carbocycles. The van der Waals surface area contributed by atoms with Gasteiger partial charge in [-0.15, -0.1) is 11.8 Å². The van der Waals surface area contributed by atoms with Gasteiger partial charge in [0.05, 0.1) is 55.4 Å². The average Bonchev–Trinajstić information content (AvgIpc) is 3.83. The zero-order valence-corrected chi connectivity index (χ0v) is 35.7. The number of primary amides is 1. The topological polar surface area (TPSA) is 344 Å². The number of hydrogen-bond donors (Lipinski definition) is 12. The number of phenolic OH excluding ortho intramolecular Hbond substituents is 1. The van der Waals surface area contributed by atoms with Gasteiger partial charge in [-0.25, -0.2) is 0 Å². The summed E-state index contributed by atoms with van der Waals surface area (Å²) in [7, 11) is 0. The van der Waals surface area contributed by atoms with Gasteiger partial charge in [-0.1, -0.05) is 27.2 Å². The number of carbonyl (C=O) groups is 9. The number of rotatable bonds is 11. The molecular formula is C39H56N10O12S. The van der Waals surface area contributed by atoms with Crippen LogP contribution in [0, 0.1) is 11.8 Å². The van der Waals surface area contributed by atoms with Gasteiger partial charge in [-0.3, -0.25) is 48.5 Å². The lowest BCUT2D eigenvalue weighted by molar-refractivity contribution is -0.147. The van der Waals surface area contributed by atoms with E-state index in [2.05, 4.69) is 42.2 Å². The number of nitrogens with zero attached hydrogens (tertiary/aromatic N) is 1. The highest BCUT2D eigenvalue weighted by Gasteiger charge is 2.49. The van der Waals surface area contributed by atoms with E-state index in [1.165, 1.54) is 30.8 Å². The summed E-state index contributed by atoms with van der Waals surface area (Å²) in [6.07, 6.45) is 0.106. The number of aliphatic hydroxyl groups is 2. The van der Waals surface area contributed by atoms with Gasteiger partial charge in [0.25, 0.3) is 0 Å². The number of aromatic amines is 1. The van der Waals surface area contributed by atoms with Crippen molar-refractivity contribution >= 4 is 76.2 Å². The van der Waals surface area contributed by atoms with Crippen molar-refractivity contribution in [1.82, 2.24) is 47.1 Å². The molecule has 4 rings (SSSR count). The number of phenols is 1. The summed E-state index contributed by atoms with van der Waals surface area (Å²) in [6.45, 7) is 1.89. The second-order valence-electron chi connectivity index (χ2n) is 15.4. The summed E-state index contributed by atoms with van der Waals surface area (Å²) in [4.78, 5) is 125. The fourth-order valence-electron chi connectivity index (χ4n) is 7.39. The van der Waals surface area contributed by atoms with Crippen LogP contribution >= 0.6 is 11.8 Å². The number of H-pyrrole nitrogens is 1. The first kappa shape index (κ1) is 48.9. The van der Waals surface area contributed by atoms with Gasteiger partial charge >= 0.3 is 0 Å². The van der Waals surface area contributed by atoms with E-state index in [4.69, 9.17) is 5.73 Å². The van der Waals surface area contributed by atoms with Crippen molar-refractivity contribution in [2.75, 3.05) is 39.0 Å². The van der Waals surface area contributed by atoms with E-state index in [9.17, 15) is 58.5 Å². The Morgan fingerprint density at radius 3 is 2.24 bits per heavy atom. The van der Waals surface area contributed by atoms with Crippen LogP contribution in [-0.2, 0) is 49.6 Å². The molecule has 340 valence electrons. The van der Waals surface area contributed by atoms with Crippen molar-refractivity contribution in [3.63, 3.8) is 0 Å². The van der Waals surface area contributed by atoms with Crippen LogP contribution in [0.2, 0.25) is 0 Å². The second-order valence-corrected chi connectivity index (χ2v) is 16.2. The molecule has 0 saturated carbocycles. The predicted octanol–water partition coefficient (Wildman–Crippen LogP) is -3.66. The first-order valence-corrected chi connectivity index (χ1v) is 21.3. The normalized spacial score (nSPS) is 25.6. The van der Waals surface area contributed by atoms with E-state index in [1.54, 1.807) is 26.2 Å². The van der Waals surface area contributed by atoms with Gasteiger partial charge in [0.2, 0.25) is 47.3 Å². The molecule has 1 aromatic heterocycles. The van der Waals surface area contributed by atoms with Crippen LogP contribution in [0.5, 0.6) is 5.75 Å². The largest absolute Gasteiger partial charge is 0.508 e. The molecule has 13 N–H and O–H groups in total.